The summed E-state index contributed by atoms with van der Waals surface area (Å²) in [4.78, 5) is 34.2. The van der Waals surface area contributed by atoms with Crippen LogP contribution in [0.5, 0.6) is 5.75 Å². The van der Waals surface area contributed by atoms with Crippen molar-refractivity contribution >= 4 is 44.3 Å². The van der Waals surface area contributed by atoms with Crippen LogP contribution in [0.2, 0.25) is 0 Å². The molecule has 0 aliphatic rings. The molecule has 0 unspecified atom stereocenters. The van der Waals surface area contributed by atoms with Crippen molar-refractivity contribution in [1.82, 2.24) is 0 Å². The summed E-state index contributed by atoms with van der Waals surface area (Å²) in [6.45, 7) is 1.36. The third-order valence-electron chi connectivity index (χ3n) is 3.44. The number of carbonyl (C=O) groups is 2. The van der Waals surface area contributed by atoms with Crippen LogP contribution in [0.3, 0.4) is 0 Å². The van der Waals surface area contributed by atoms with Crippen molar-refractivity contribution in [3.05, 3.63) is 68.4 Å². The van der Waals surface area contributed by atoms with Crippen LogP contribution >= 0.6 is 15.9 Å². The van der Waals surface area contributed by atoms with Crippen LogP contribution in [0.15, 0.2) is 51.4 Å². The first kappa shape index (κ1) is 16.8. The van der Waals surface area contributed by atoms with Crippen LogP contribution in [-0.4, -0.2) is 16.7 Å². The van der Waals surface area contributed by atoms with Gasteiger partial charge in [0.2, 0.25) is 5.76 Å². The maximum absolute atomic E-state index is 12.3. The van der Waals surface area contributed by atoms with E-state index in [0.29, 0.717) is 9.86 Å². The summed E-state index contributed by atoms with van der Waals surface area (Å²) in [5, 5.41) is 11.3. The van der Waals surface area contributed by atoms with Crippen molar-refractivity contribution in [2.24, 2.45) is 0 Å². The maximum atomic E-state index is 12.3. The molecule has 3 rings (SSSR count). The predicted molar refractivity (Wildman–Crippen MR) is 92.0 cm³/mol. The molecule has 8 heteroatoms. The Hall–Kier alpha value is -3.00. The molecular formula is C17H10BrNO6. The quantitative estimate of drug-likeness (QED) is 0.208. The largest absolute Gasteiger partial charge is 0.449 e. The lowest BCUT2D eigenvalue weighted by Gasteiger charge is -2.07. The Bertz CT molecular complexity index is 1020. The van der Waals surface area contributed by atoms with Gasteiger partial charge in [-0.15, -0.1) is 0 Å². The Balaban J connectivity index is 1.93. The minimum Gasteiger partial charge on any atom is -0.449 e. The van der Waals surface area contributed by atoms with E-state index in [-0.39, 0.29) is 34.1 Å². The number of esters is 1. The van der Waals surface area contributed by atoms with Gasteiger partial charge in [0, 0.05) is 15.9 Å². The molecule has 1 heterocycles. The zero-order chi connectivity index (χ0) is 18.1. The van der Waals surface area contributed by atoms with Gasteiger partial charge >= 0.3 is 5.97 Å². The van der Waals surface area contributed by atoms with Gasteiger partial charge in [-0.2, -0.15) is 0 Å². The Morgan fingerprint density at radius 3 is 2.60 bits per heavy atom. The lowest BCUT2D eigenvalue weighted by atomic mass is 10.1. The van der Waals surface area contributed by atoms with E-state index in [4.69, 9.17) is 9.15 Å². The van der Waals surface area contributed by atoms with E-state index in [1.54, 1.807) is 12.1 Å². The molecule has 0 spiro atoms. The fourth-order valence-corrected chi connectivity index (χ4v) is 2.61. The fraction of sp³-hybridized carbons (Fsp3) is 0.0588. The lowest BCUT2D eigenvalue weighted by molar-refractivity contribution is -0.384. The topological polar surface area (TPSA) is 99.7 Å². The molecule has 0 bridgehead atoms. The molecule has 25 heavy (non-hydrogen) atoms. The second-order valence-corrected chi connectivity index (χ2v) is 6.09. The van der Waals surface area contributed by atoms with Crippen molar-refractivity contribution in [3.8, 4) is 5.75 Å². The summed E-state index contributed by atoms with van der Waals surface area (Å²) in [7, 11) is 0. The minimum absolute atomic E-state index is 0.104. The van der Waals surface area contributed by atoms with E-state index >= 15 is 0 Å². The second kappa shape index (κ2) is 6.48. The fourth-order valence-electron chi connectivity index (χ4n) is 2.25. The van der Waals surface area contributed by atoms with Crippen molar-refractivity contribution < 1.29 is 23.7 Å². The van der Waals surface area contributed by atoms with Gasteiger partial charge in [-0.05, 0) is 37.3 Å². The van der Waals surface area contributed by atoms with Crippen molar-refractivity contribution in [2.45, 2.75) is 6.92 Å². The molecule has 0 saturated heterocycles. The highest BCUT2D eigenvalue weighted by molar-refractivity contribution is 9.10. The number of rotatable bonds is 4. The first-order valence-electron chi connectivity index (χ1n) is 7.06. The number of ketones is 1. The van der Waals surface area contributed by atoms with Crippen LogP contribution < -0.4 is 4.74 Å². The van der Waals surface area contributed by atoms with E-state index in [0.717, 1.165) is 0 Å². The van der Waals surface area contributed by atoms with Crippen LogP contribution in [-0.2, 0) is 0 Å². The van der Waals surface area contributed by atoms with Gasteiger partial charge in [-0.1, -0.05) is 15.9 Å². The second-order valence-electron chi connectivity index (χ2n) is 5.18. The van der Waals surface area contributed by atoms with E-state index < -0.39 is 10.9 Å². The van der Waals surface area contributed by atoms with Gasteiger partial charge in [-0.25, -0.2) is 4.79 Å². The molecule has 0 aliphatic carbocycles. The number of benzene rings is 2. The number of Topliss-reactive ketones (excluding diaryl/α,β-unsaturated/α-hetero) is 1. The van der Waals surface area contributed by atoms with Gasteiger partial charge in [0.25, 0.3) is 5.69 Å². The SMILES string of the molecule is CC(=O)c1cc(Br)ccc1OC(=O)c1cc2ccc([N+](=O)[O-])cc2o1. The molecular weight excluding hydrogens is 394 g/mol. The van der Waals surface area contributed by atoms with E-state index in [1.165, 1.54) is 37.3 Å². The van der Waals surface area contributed by atoms with Gasteiger partial charge in [-0.3, -0.25) is 14.9 Å². The van der Waals surface area contributed by atoms with Crippen molar-refractivity contribution in [3.63, 3.8) is 0 Å². The van der Waals surface area contributed by atoms with Crippen LogP contribution in [0.25, 0.3) is 11.0 Å². The third-order valence-corrected chi connectivity index (χ3v) is 3.93. The summed E-state index contributed by atoms with van der Waals surface area (Å²) in [6, 6.07) is 10.1. The summed E-state index contributed by atoms with van der Waals surface area (Å²) in [5.41, 5.74) is 0.298. The third kappa shape index (κ3) is 3.43. The monoisotopic (exact) mass is 403 g/mol. The Morgan fingerprint density at radius 1 is 1.16 bits per heavy atom. The molecule has 0 saturated carbocycles. The highest BCUT2D eigenvalue weighted by Gasteiger charge is 2.19. The number of fused-ring (bicyclic) bond motifs is 1. The summed E-state index contributed by atoms with van der Waals surface area (Å²) in [5.74, 6) is -1.08. The number of hydrogen-bond acceptors (Lipinski definition) is 6. The number of nitro groups is 1. The normalized spacial score (nSPS) is 10.6. The van der Waals surface area contributed by atoms with Gasteiger partial charge in [0.1, 0.15) is 11.3 Å². The van der Waals surface area contributed by atoms with Gasteiger partial charge in [0.15, 0.2) is 5.78 Å². The number of halogens is 1. The van der Waals surface area contributed by atoms with Crippen LogP contribution in [0.4, 0.5) is 5.69 Å². The Morgan fingerprint density at radius 2 is 1.92 bits per heavy atom. The molecule has 0 amide bonds. The maximum Gasteiger partial charge on any atom is 0.379 e. The predicted octanol–water partition coefficient (Wildman–Crippen LogP) is 4.53. The van der Waals surface area contributed by atoms with Crippen LogP contribution in [0.1, 0.15) is 27.8 Å². The molecule has 3 aromatic rings. The zero-order valence-electron chi connectivity index (χ0n) is 12.8. The standard InChI is InChI=1S/C17H10BrNO6/c1-9(20)13-7-11(18)3-5-14(13)25-17(21)16-6-10-2-4-12(19(22)23)8-15(10)24-16/h2-8H,1H3. The Labute approximate surface area is 149 Å². The number of ether oxygens (including phenoxy) is 1. The number of nitro benzene ring substituents is 1. The first-order valence-corrected chi connectivity index (χ1v) is 7.85. The first-order chi connectivity index (χ1) is 11.8. The van der Waals surface area contributed by atoms with Crippen molar-refractivity contribution in [2.75, 3.05) is 0 Å². The smallest absolute Gasteiger partial charge is 0.379 e. The highest BCUT2D eigenvalue weighted by Crippen LogP contribution is 2.27. The average molecular weight is 404 g/mol. The van der Waals surface area contributed by atoms with E-state index in [2.05, 4.69) is 15.9 Å². The minimum atomic E-state index is -0.802. The molecule has 1 aromatic heterocycles. The average Bonchev–Trinajstić information content (AvgIpc) is 2.99. The summed E-state index contributed by atoms with van der Waals surface area (Å²) in [6.07, 6.45) is 0. The van der Waals surface area contributed by atoms with Crippen LogP contribution in [0, 0.1) is 10.1 Å². The molecule has 0 aliphatic heterocycles. The number of carbonyl (C=O) groups excluding carboxylic acids is 2. The molecule has 0 N–H and O–H groups in total. The molecule has 7 nitrogen and oxygen atoms in total. The van der Waals surface area contributed by atoms with Gasteiger partial charge in [0.05, 0.1) is 16.6 Å². The number of hydrogen-bond donors (Lipinski definition) is 0. The zero-order valence-corrected chi connectivity index (χ0v) is 14.4. The molecule has 0 atom stereocenters. The van der Waals surface area contributed by atoms with Crippen molar-refractivity contribution in [1.29, 1.82) is 0 Å². The summed E-state index contributed by atoms with van der Waals surface area (Å²) >= 11 is 3.25. The van der Waals surface area contributed by atoms with E-state index in [9.17, 15) is 19.7 Å². The number of non-ortho nitro benzene ring substituents is 1. The summed E-state index contributed by atoms with van der Waals surface area (Å²) < 4.78 is 11.3. The Kier molecular flexibility index (Phi) is 4.37. The number of furan rings is 1. The molecule has 0 fully saturated rings. The lowest BCUT2D eigenvalue weighted by Crippen LogP contribution is -2.10. The highest BCUT2D eigenvalue weighted by atomic mass is 79.9. The van der Waals surface area contributed by atoms with E-state index in [1.807, 2.05) is 0 Å². The molecule has 2 aromatic carbocycles. The van der Waals surface area contributed by atoms with Gasteiger partial charge < -0.3 is 9.15 Å². The number of nitrogens with zero attached hydrogens (tertiary/aromatic N) is 1. The molecule has 126 valence electrons. The molecule has 0 radical (unpaired) electrons.